The Balaban J connectivity index is 1.79. The van der Waals surface area contributed by atoms with E-state index in [1.165, 1.54) is 6.07 Å². The molecule has 3 heterocycles. The first kappa shape index (κ1) is 24.1. The zero-order valence-electron chi connectivity index (χ0n) is 19.0. The minimum absolute atomic E-state index is 0.139. The Bertz CT molecular complexity index is 1120. The van der Waals surface area contributed by atoms with Crippen LogP contribution in [-0.4, -0.2) is 65.3 Å². The Kier molecular flexibility index (Phi) is 7.13. The van der Waals surface area contributed by atoms with Gasteiger partial charge in [-0.05, 0) is 64.3 Å². The molecule has 1 saturated heterocycles. The quantitative estimate of drug-likeness (QED) is 0.444. The van der Waals surface area contributed by atoms with Crippen molar-refractivity contribution in [2.45, 2.75) is 24.9 Å². The van der Waals surface area contributed by atoms with Gasteiger partial charge in [0.15, 0.2) is 0 Å². The van der Waals surface area contributed by atoms with Crippen LogP contribution in [0.15, 0.2) is 30.5 Å². The first-order valence-electron chi connectivity index (χ1n) is 11.1. The molecule has 3 aromatic rings. The van der Waals surface area contributed by atoms with Crippen molar-refractivity contribution in [1.29, 1.82) is 0 Å². The lowest BCUT2D eigenvalue weighted by molar-refractivity contribution is -0.139. The number of halogens is 4. The normalized spacial score (nSPS) is 15.1. The Hall–Kier alpha value is -3.05. The molecule has 1 aromatic carbocycles. The summed E-state index contributed by atoms with van der Waals surface area (Å²) >= 11 is 0. The highest BCUT2D eigenvalue weighted by Crippen LogP contribution is 2.40. The van der Waals surface area contributed by atoms with Gasteiger partial charge in [-0.3, -0.25) is 5.10 Å². The summed E-state index contributed by atoms with van der Waals surface area (Å²) in [6.45, 7) is 3.06. The second-order valence-corrected chi connectivity index (χ2v) is 8.57. The van der Waals surface area contributed by atoms with Gasteiger partial charge in [-0.1, -0.05) is 0 Å². The monoisotopic (exact) mass is 477 g/mol. The number of nitrogens with one attached hydrogen (secondary N) is 3. The Labute approximate surface area is 195 Å². The third kappa shape index (κ3) is 5.36. The summed E-state index contributed by atoms with van der Waals surface area (Å²) in [4.78, 5) is 10.9. The standard InChI is InChI=1S/C23H27F4N7/c1-34(2)12-11-30-22-29-10-7-18(31-22)19-20(14-5-8-28-9-6-14)32-33-21(19)15-3-4-17(24)16(13-15)23(25,26)27/h3-4,7,10,13-14,28H,5-6,8-9,11-12H2,1-2H3,(H,32,33)(H,29,30,31). The molecule has 3 N–H and O–H groups in total. The molecule has 0 spiro atoms. The first-order valence-corrected chi connectivity index (χ1v) is 11.1. The van der Waals surface area contributed by atoms with Crippen LogP contribution in [0.1, 0.15) is 30.0 Å². The number of hydrogen-bond donors (Lipinski definition) is 3. The number of likely N-dealkylation sites (N-methyl/N-ethyl adjacent to an activating group) is 1. The third-order valence-corrected chi connectivity index (χ3v) is 5.84. The van der Waals surface area contributed by atoms with Crippen LogP contribution in [0.25, 0.3) is 22.5 Å². The van der Waals surface area contributed by atoms with Gasteiger partial charge in [0.1, 0.15) is 11.5 Å². The number of piperidine rings is 1. The molecule has 2 aromatic heterocycles. The molecule has 0 radical (unpaired) electrons. The van der Waals surface area contributed by atoms with Crippen LogP contribution in [0.2, 0.25) is 0 Å². The fraction of sp³-hybridized carbons (Fsp3) is 0.435. The van der Waals surface area contributed by atoms with Crippen molar-refractivity contribution in [3.8, 4) is 22.5 Å². The lowest BCUT2D eigenvalue weighted by Gasteiger charge is -2.22. The molecule has 0 aliphatic carbocycles. The van der Waals surface area contributed by atoms with E-state index < -0.39 is 17.6 Å². The molecule has 0 unspecified atom stereocenters. The Morgan fingerprint density at radius 2 is 1.91 bits per heavy atom. The number of hydrogen-bond acceptors (Lipinski definition) is 6. The van der Waals surface area contributed by atoms with Crippen LogP contribution in [0.5, 0.6) is 0 Å². The second kappa shape index (κ2) is 10.1. The number of anilines is 1. The third-order valence-electron chi connectivity index (χ3n) is 5.84. The van der Waals surface area contributed by atoms with Crippen molar-refractivity contribution in [3.63, 3.8) is 0 Å². The van der Waals surface area contributed by atoms with Crippen LogP contribution in [-0.2, 0) is 6.18 Å². The molecule has 0 atom stereocenters. The highest BCUT2D eigenvalue weighted by atomic mass is 19.4. The van der Waals surface area contributed by atoms with E-state index >= 15 is 0 Å². The number of alkyl halides is 3. The zero-order chi connectivity index (χ0) is 24.3. The maximum Gasteiger partial charge on any atom is 0.419 e. The lowest BCUT2D eigenvalue weighted by atomic mass is 9.89. The molecule has 4 rings (SSSR count). The van der Waals surface area contributed by atoms with Crippen LogP contribution in [0.4, 0.5) is 23.5 Å². The highest BCUT2D eigenvalue weighted by Gasteiger charge is 2.35. The van der Waals surface area contributed by atoms with Crippen LogP contribution < -0.4 is 10.6 Å². The van der Waals surface area contributed by atoms with Gasteiger partial charge < -0.3 is 15.5 Å². The van der Waals surface area contributed by atoms with Gasteiger partial charge in [-0.2, -0.15) is 18.3 Å². The van der Waals surface area contributed by atoms with E-state index in [1.54, 1.807) is 12.3 Å². The minimum atomic E-state index is -4.81. The van der Waals surface area contributed by atoms with Crippen molar-refractivity contribution >= 4 is 5.95 Å². The average molecular weight is 478 g/mol. The predicted molar refractivity (Wildman–Crippen MR) is 122 cm³/mol. The van der Waals surface area contributed by atoms with E-state index in [2.05, 4.69) is 30.8 Å². The number of benzene rings is 1. The summed E-state index contributed by atoms with van der Waals surface area (Å²) in [6.07, 6.45) is -1.50. The molecule has 11 heteroatoms. The molecule has 1 aliphatic heterocycles. The fourth-order valence-electron chi connectivity index (χ4n) is 4.09. The van der Waals surface area contributed by atoms with E-state index in [0.717, 1.165) is 50.3 Å². The maximum atomic E-state index is 13.9. The van der Waals surface area contributed by atoms with Crippen LogP contribution in [0, 0.1) is 5.82 Å². The van der Waals surface area contributed by atoms with Gasteiger partial charge in [-0.25, -0.2) is 14.4 Å². The summed E-state index contributed by atoms with van der Waals surface area (Å²) in [5.74, 6) is -0.765. The second-order valence-electron chi connectivity index (χ2n) is 8.57. The average Bonchev–Trinajstić information content (AvgIpc) is 3.24. The summed E-state index contributed by atoms with van der Waals surface area (Å²) in [7, 11) is 3.92. The summed E-state index contributed by atoms with van der Waals surface area (Å²) in [5.41, 5.74) is 1.11. The molecule has 0 bridgehead atoms. The van der Waals surface area contributed by atoms with Gasteiger partial charge in [0.25, 0.3) is 0 Å². The van der Waals surface area contributed by atoms with Crippen molar-refractivity contribution in [3.05, 3.63) is 47.5 Å². The minimum Gasteiger partial charge on any atom is -0.353 e. The number of rotatable bonds is 7. The number of H-pyrrole nitrogens is 1. The van der Waals surface area contributed by atoms with Gasteiger partial charge >= 0.3 is 6.18 Å². The van der Waals surface area contributed by atoms with Crippen molar-refractivity contribution in [2.75, 3.05) is 45.6 Å². The zero-order valence-corrected chi connectivity index (χ0v) is 19.0. The topological polar surface area (TPSA) is 81.8 Å². The first-order chi connectivity index (χ1) is 16.2. The highest BCUT2D eigenvalue weighted by molar-refractivity contribution is 5.82. The predicted octanol–water partition coefficient (Wildman–Crippen LogP) is 4.13. The Morgan fingerprint density at radius 1 is 1.15 bits per heavy atom. The number of nitrogens with zero attached hydrogens (tertiary/aromatic N) is 4. The van der Waals surface area contributed by atoms with Crippen molar-refractivity contribution in [2.24, 2.45) is 0 Å². The van der Waals surface area contributed by atoms with E-state index in [9.17, 15) is 17.6 Å². The van der Waals surface area contributed by atoms with E-state index in [-0.39, 0.29) is 11.5 Å². The summed E-state index contributed by atoms with van der Waals surface area (Å²) in [6, 6.07) is 4.66. The lowest BCUT2D eigenvalue weighted by Crippen LogP contribution is -2.27. The number of aromatic amines is 1. The molecular weight excluding hydrogens is 450 g/mol. The molecule has 0 saturated carbocycles. The maximum absolute atomic E-state index is 13.9. The number of aromatic nitrogens is 4. The van der Waals surface area contributed by atoms with Crippen LogP contribution in [0.3, 0.4) is 0 Å². The summed E-state index contributed by atoms with van der Waals surface area (Å²) in [5, 5.41) is 13.9. The molecular formula is C23H27F4N7. The van der Waals surface area contributed by atoms with Gasteiger partial charge in [0, 0.05) is 42.0 Å². The summed E-state index contributed by atoms with van der Waals surface area (Å²) < 4.78 is 54.1. The molecule has 34 heavy (non-hydrogen) atoms. The molecule has 7 nitrogen and oxygen atoms in total. The van der Waals surface area contributed by atoms with Gasteiger partial charge in [-0.15, -0.1) is 0 Å². The van der Waals surface area contributed by atoms with Crippen LogP contribution >= 0.6 is 0 Å². The van der Waals surface area contributed by atoms with E-state index in [4.69, 9.17) is 0 Å². The molecule has 1 aliphatic rings. The van der Waals surface area contributed by atoms with Crippen molar-refractivity contribution < 1.29 is 17.6 Å². The molecule has 182 valence electrons. The van der Waals surface area contributed by atoms with E-state index in [1.807, 2.05) is 19.0 Å². The van der Waals surface area contributed by atoms with Crippen molar-refractivity contribution in [1.82, 2.24) is 30.4 Å². The fourth-order valence-corrected chi connectivity index (χ4v) is 4.09. The Morgan fingerprint density at radius 3 is 2.62 bits per heavy atom. The molecule has 1 fully saturated rings. The van der Waals surface area contributed by atoms with Gasteiger partial charge in [0.05, 0.1) is 11.3 Å². The largest absolute Gasteiger partial charge is 0.419 e. The van der Waals surface area contributed by atoms with E-state index in [0.29, 0.717) is 29.4 Å². The van der Waals surface area contributed by atoms with Gasteiger partial charge in [0.2, 0.25) is 5.95 Å². The molecule has 0 amide bonds. The SMILES string of the molecule is CN(C)CCNc1nccc(-c2c(-c3ccc(F)c(C(F)(F)F)c3)n[nH]c2C2CCNCC2)n1. The smallest absolute Gasteiger partial charge is 0.353 e.